The van der Waals surface area contributed by atoms with Gasteiger partial charge in [-0.2, -0.15) is 0 Å². The van der Waals surface area contributed by atoms with E-state index in [9.17, 15) is 0 Å². The number of para-hydroxylation sites is 3. The molecule has 0 N–H and O–H groups in total. The number of benzene rings is 4. The molecule has 196 valence electrons. The van der Waals surface area contributed by atoms with Gasteiger partial charge in [-0.15, -0.1) is 0 Å². The normalized spacial score (nSPS) is 11.9. The molecule has 0 aliphatic carbocycles. The van der Waals surface area contributed by atoms with Gasteiger partial charge in [0.05, 0.1) is 16.8 Å². The highest BCUT2D eigenvalue weighted by Gasteiger charge is 2.25. The van der Waals surface area contributed by atoms with Crippen molar-refractivity contribution in [2.24, 2.45) is 0 Å². The Balaban J connectivity index is 1.62. The second-order valence-electron chi connectivity index (χ2n) is 11.1. The third-order valence-corrected chi connectivity index (χ3v) is 7.83. The summed E-state index contributed by atoms with van der Waals surface area (Å²) in [5, 5.41) is 2.20. The number of hydrogen-bond acceptors (Lipinski definition) is 3. The summed E-state index contributed by atoms with van der Waals surface area (Å²) in [5.41, 5.74) is 10.3. The summed E-state index contributed by atoms with van der Waals surface area (Å²) in [4.78, 5) is 10.1. The van der Waals surface area contributed by atoms with E-state index in [1.165, 1.54) is 16.8 Å². The van der Waals surface area contributed by atoms with Gasteiger partial charge in [0, 0.05) is 22.5 Å². The van der Waals surface area contributed by atoms with E-state index in [1.54, 1.807) is 0 Å². The number of furan rings is 1. The van der Waals surface area contributed by atoms with Gasteiger partial charge >= 0.3 is 0 Å². The van der Waals surface area contributed by atoms with Crippen molar-refractivity contribution in [2.75, 3.05) is 0 Å². The summed E-state index contributed by atoms with van der Waals surface area (Å²) >= 11 is 0. The smallest absolute Gasteiger partial charge is 0.178 e. The van der Waals surface area contributed by atoms with E-state index < -0.39 is 0 Å². The SMILES string of the molecule is CC(C)c1cccc(C(C)C)c1-n1c(-c2cccc3c2oc2ccccc23)nc2ncc(-c3ccccc3)cc21. The minimum Gasteiger partial charge on any atom is -0.455 e. The molecule has 0 aliphatic rings. The maximum atomic E-state index is 6.50. The first-order chi connectivity index (χ1) is 19.5. The lowest BCUT2D eigenvalue weighted by Gasteiger charge is -2.22. The first-order valence-electron chi connectivity index (χ1n) is 14.0. The van der Waals surface area contributed by atoms with Gasteiger partial charge in [0.25, 0.3) is 0 Å². The van der Waals surface area contributed by atoms with Crippen molar-refractivity contribution in [3.05, 3.63) is 114 Å². The molecule has 40 heavy (non-hydrogen) atoms. The van der Waals surface area contributed by atoms with Crippen LogP contribution in [0.25, 0.3) is 61.3 Å². The van der Waals surface area contributed by atoms with Crippen LogP contribution in [-0.2, 0) is 0 Å². The summed E-state index contributed by atoms with van der Waals surface area (Å²) < 4.78 is 8.83. The van der Waals surface area contributed by atoms with Crippen molar-refractivity contribution >= 4 is 33.1 Å². The van der Waals surface area contributed by atoms with E-state index in [2.05, 4.69) is 111 Å². The van der Waals surface area contributed by atoms with Crippen LogP contribution < -0.4 is 0 Å². The van der Waals surface area contributed by atoms with Gasteiger partial charge in [-0.25, -0.2) is 9.97 Å². The van der Waals surface area contributed by atoms with Gasteiger partial charge in [-0.3, -0.25) is 4.57 Å². The number of imidazole rings is 1. The number of fused-ring (bicyclic) bond motifs is 4. The molecule has 4 heteroatoms. The summed E-state index contributed by atoms with van der Waals surface area (Å²) in [5.74, 6) is 1.49. The molecular formula is C36H31N3O. The van der Waals surface area contributed by atoms with Gasteiger partial charge in [-0.1, -0.05) is 107 Å². The average Bonchev–Trinajstić information content (AvgIpc) is 3.55. The molecule has 4 nitrogen and oxygen atoms in total. The summed E-state index contributed by atoms with van der Waals surface area (Å²) in [7, 11) is 0. The van der Waals surface area contributed by atoms with E-state index in [-0.39, 0.29) is 0 Å². The third-order valence-electron chi connectivity index (χ3n) is 7.83. The maximum absolute atomic E-state index is 6.50. The van der Waals surface area contributed by atoms with Crippen molar-refractivity contribution in [2.45, 2.75) is 39.5 Å². The van der Waals surface area contributed by atoms with Gasteiger partial charge in [0.1, 0.15) is 11.2 Å². The Kier molecular flexibility index (Phi) is 5.78. The van der Waals surface area contributed by atoms with E-state index in [4.69, 9.17) is 14.4 Å². The Morgan fingerprint density at radius 2 is 1.35 bits per heavy atom. The predicted octanol–water partition coefficient (Wildman–Crippen LogP) is 9.90. The second-order valence-corrected chi connectivity index (χ2v) is 11.1. The van der Waals surface area contributed by atoms with Crippen LogP contribution in [0.15, 0.2) is 108 Å². The predicted molar refractivity (Wildman–Crippen MR) is 165 cm³/mol. The van der Waals surface area contributed by atoms with E-state index >= 15 is 0 Å². The molecule has 3 heterocycles. The van der Waals surface area contributed by atoms with Crippen molar-refractivity contribution in [1.29, 1.82) is 0 Å². The molecule has 3 aromatic heterocycles. The van der Waals surface area contributed by atoms with Gasteiger partial charge in [-0.05, 0) is 46.7 Å². The van der Waals surface area contributed by atoms with Crippen LogP contribution in [0, 0.1) is 0 Å². The fourth-order valence-corrected chi connectivity index (χ4v) is 5.85. The number of rotatable bonds is 5. The molecule has 4 aromatic carbocycles. The summed E-state index contributed by atoms with van der Waals surface area (Å²) in [6, 6.07) is 33.9. The number of pyridine rings is 1. The van der Waals surface area contributed by atoms with Crippen LogP contribution >= 0.6 is 0 Å². The Labute approximate surface area is 233 Å². The van der Waals surface area contributed by atoms with E-state index in [1.807, 2.05) is 24.4 Å². The van der Waals surface area contributed by atoms with E-state index in [0.29, 0.717) is 11.8 Å². The molecule has 0 bridgehead atoms. The fourth-order valence-electron chi connectivity index (χ4n) is 5.85. The van der Waals surface area contributed by atoms with Crippen LogP contribution in [0.3, 0.4) is 0 Å². The molecule has 0 saturated heterocycles. The lowest BCUT2D eigenvalue weighted by molar-refractivity contribution is 0.669. The highest BCUT2D eigenvalue weighted by molar-refractivity contribution is 6.09. The quantitative estimate of drug-likeness (QED) is 0.226. The minimum atomic E-state index is 0.325. The zero-order valence-corrected chi connectivity index (χ0v) is 23.2. The lowest BCUT2D eigenvalue weighted by atomic mass is 9.92. The van der Waals surface area contributed by atoms with Crippen molar-refractivity contribution in [1.82, 2.24) is 14.5 Å². The number of aromatic nitrogens is 3. The Morgan fingerprint density at radius 1 is 0.675 bits per heavy atom. The first-order valence-corrected chi connectivity index (χ1v) is 14.0. The van der Waals surface area contributed by atoms with Crippen LogP contribution in [0.1, 0.15) is 50.7 Å². The molecule has 7 aromatic rings. The zero-order chi connectivity index (χ0) is 27.4. The van der Waals surface area contributed by atoms with Gasteiger partial charge < -0.3 is 4.42 Å². The standard InChI is InChI=1S/C36H31N3O/c1-22(2)26-15-10-16-27(23(3)4)33(26)39-31-20-25(24-12-6-5-7-13-24)21-37-35(31)38-36(39)30-18-11-17-29-28-14-8-9-19-32(28)40-34(29)30/h5-23H,1-4H3. The zero-order valence-electron chi connectivity index (χ0n) is 23.2. The second kappa shape index (κ2) is 9.49. The molecule has 0 radical (unpaired) electrons. The summed E-state index contributed by atoms with van der Waals surface area (Å²) in [6.45, 7) is 9.04. The molecule has 0 atom stereocenters. The molecular weight excluding hydrogens is 490 g/mol. The van der Waals surface area contributed by atoms with Gasteiger partial charge in [0.2, 0.25) is 0 Å². The monoisotopic (exact) mass is 521 g/mol. The first kappa shape index (κ1) is 24.3. The van der Waals surface area contributed by atoms with Crippen molar-refractivity contribution in [3.63, 3.8) is 0 Å². The van der Waals surface area contributed by atoms with Crippen LogP contribution in [-0.4, -0.2) is 14.5 Å². The highest BCUT2D eigenvalue weighted by Crippen LogP contribution is 2.41. The molecule has 7 rings (SSSR count). The van der Waals surface area contributed by atoms with Gasteiger partial charge in [0.15, 0.2) is 11.5 Å². The molecule has 0 fully saturated rings. The van der Waals surface area contributed by atoms with Crippen LogP contribution in [0.2, 0.25) is 0 Å². The largest absolute Gasteiger partial charge is 0.455 e. The Bertz CT molecular complexity index is 1990. The minimum absolute atomic E-state index is 0.325. The highest BCUT2D eigenvalue weighted by atomic mass is 16.3. The molecule has 0 unspecified atom stereocenters. The molecule has 0 saturated carbocycles. The topological polar surface area (TPSA) is 43.9 Å². The fraction of sp³-hybridized carbons (Fsp3) is 0.167. The number of nitrogens with zero attached hydrogens (tertiary/aromatic N) is 3. The number of hydrogen-bond donors (Lipinski definition) is 0. The molecule has 0 spiro atoms. The Morgan fingerprint density at radius 3 is 2.10 bits per heavy atom. The Hall–Kier alpha value is -4.70. The average molecular weight is 522 g/mol. The maximum Gasteiger partial charge on any atom is 0.178 e. The molecule has 0 aliphatic heterocycles. The van der Waals surface area contributed by atoms with Crippen molar-refractivity contribution in [3.8, 4) is 28.2 Å². The molecule has 0 amide bonds. The van der Waals surface area contributed by atoms with Crippen LogP contribution in [0.4, 0.5) is 0 Å². The lowest BCUT2D eigenvalue weighted by Crippen LogP contribution is -2.08. The third kappa shape index (κ3) is 3.83. The summed E-state index contributed by atoms with van der Waals surface area (Å²) in [6.07, 6.45) is 1.93. The van der Waals surface area contributed by atoms with E-state index in [0.717, 1.165) is 55.6 Å². The van der Waals surface area contributed by atoms with Crippen molar-refractivity contribution < 1.29 is 4.42 Å². The van der Waals surface area contributed by atoms with Crippen LogP contribution in [0.5, 0.6) is 0 Å².